The van der Waals surface area contributed by atoms with Gasteiger partial charge in [-0.3, -0.25) is 29.0 Å². The van der Waals surface area contributed by atoms with Crippen LogP contribution in [0.2, 0.25) is 0 Å². The maximum atomic E-state index is 14.9. The Morgan fingerprint density at radius 2 is 1.39 bits per heavy atom. The Labute approximate surface area is 402 Å². The van der Waals surface area contributed by atoms with Crippen LogP contribution in [0.4, 0.5) is 4.79 Å². The first-order chi connectivity index (χ1) is 32.9. The lowest BCUT2D eigenvalue weighted by Crippen LogP contribution is -2.61. The van der Waals surface area contributed by atoms with Crippen molar-refractivity contribution < 1.29 is 48.9 Å². The molecule has 0 aromatic heterocycles. The number of guanidine groups is 1. The summed E-state index contributed by atoms with van der Waals surface area (Å²) in [7, 11) is 1.45. The Balaban J connectivity index is 1.73. The van der Waals surface area contributed by atoms with E-state index in [1.54, 1.807) is 31.2 Å². The number of carbonyl (C=O) groups excluding carboxylic acids is 6. The largest absolute Gasteiger partial charge is 0.508 e. The third-order valence-electron chi connectivity index (χ3n) is 12.1. The number of carbonyl (C=O) groups is 7. The lowest BCUT2D eigenvalue weighted by molar-refractivity contribution is -0.143. The molecule has 3 aromatic carbocycles. The number of nitrogens with one attached hydrogen (secondary N) is 6. The number of aromatic hydroxyl groups is 2. The number of hydrogen-bond donors (Lipinski definition) is 11. The summed E-state index contributed by atoms with van der Waals surface area (Å²) in [5, 5.41) is 46.1. The number of phenols is 2. The summed E-state index contributed by atoms with van der Waals surface area (Å²) in [6, 6.07) is 13.5. The van der Waals surface area contributed by atoms with Gasteiger partial charge in [0, 0.05) is 26.6 Å². The Morgan fingerprint density at radius 3 is 1.99 bits per heavy atom. The molecule has 0 aliphatic carbocycles. The highest BCUT2D eigenvalue weighted by Crippen LogP contribution is 2.19. The van der Waals surface area contributed by atoms with Gasteiger partial charge in [0.1, 0.15) is 47.8 Å². The number of aryl methyl sites for hydroxylation is 2. The average Bonchev–Trinajstić information content (AvgIpc) is 3.32. The zero-order chi connectivity index (χ0) is 50.5. The minimum absolute atomic E-state index is 0.0115. The summed E-state index contributed by atoms with van der Waals surface area (Å²) in [6.07, 6.45) is 1.98. The van der Waals surface area contributed by atoms with Crippen molar-refractivity contribution in [2.45, 2.75) is 121 Å². The number of nitrogens with two attached hydrogens (primary N) is 2. The summed E-state index contributed by atoms with van der Waals surface area (Å²) in [6.45, 7) is 3.79. The number of aliphatic carboxylic acids is 1. The molecule has 1 heterocycles. The van der Waals surface area contributed by atoms with E-state index < -0.39 is 83.7 Å². The Morgan fingerprint density at radius 1 is 0.783 bits per heavy atom. The van der Waals surface area contributed by atoms with E-state index in [4.69, 9.17) is 11.5 Å². The highest BCUT2D eigenvalue weighted by Gasteiger charge is 2.37. The normalized spacial score (nSPS) is 20.8. The molecule has 1 saturated heterocycles. The van der Waals surface area contributed by atoms with E-state index in [2.05, 4.69) is 36.9 Å². The van der Waals surface area contributed by atoms with Gasteiger partial charge in [0.25, 0.3) is 0 Å². The third kappa shape index (κ3) is 18.0. The SMILES string of the molecule is CC[C@@H](C)[C@@H]1NC(=O)[C@H](NC(=O)N[C@@H](CCCN=C(N)N)C(=O)O)CCCCNC(=O)[C@H](Cc2ccccc2)NC(=O)[C@H](CCc2ccc(O)cc2)N(C)C(=O)[C@H](CCc2ccc(O)cc2)NC1=O. The van der Waals surface area contributed by atoms with Crippen molar-refractivity contribution in [3.05, 3.63) is 95.6 Å². The van der Waals surface area contributed by atoms with Crippen molar-refractivity contribution >= 4 is 47.5 Å². The van der Waals surface area contributed by atoms with Crippen LogP contribution in [0, 0.1) is 5.92 Å². The van der Waals surface area contributed by atoms with Gasteiger partial charge in [0.15, 0.2) is 5.96 Å². The van der Waals surface area contributed by atoms with Crippen molar-refractivity contribution in [2.24, 2.45) is 22.4 Å². The quantitative estimate of drug-likeness (QED) is 0.0524. The number of hydrogen-bond acceptors (Lipinski definition) is 10. The van der Waals surface area contributed by atoms with Crippen LogP contribution in [0.15, 0.2) is 83.9 Å². The molecular weight excluding hydrogens is 889 g/mol. The van der Waals surface area contributed by atoms with E-state index in [9.17, 15) is 48.9 Å². The number of nitrogens with zero attached hydrogens (tertiary/aromatic N) is 2. The van der Waals surface area contributed by atoms with Crippen molar-refractivity contribution in [3.8, 4) is 11.5 Å². The van der Waals surface area contributed by atoms with E-state index in [-0.39, 0.29) is 81.9 Å². The predicted octanol–water partition coefficient (Wildman–Crippen LogP) is 1.71. The molecule has 20 nitrogen and oxygen atoms in total. The molecule has 1 fully saturated rings. The van der Waals surface area contributed by atoms with Crippen molar-refractivity contribution in [2.75, 3.05) is 20.1 Å². The zero-order valence-electron chi connectivity index (χ0n) is 39.5. The van der Waals surface area contributed by atoms with Crippen LogP contribution in [0.1, 0.15) is 81.9 Å². The zero-order valence-corrected chi connectivity index (χ0v) is 39.5. The molecular formula is C49H68N10O10. The highest BCUT2D eigenvalue weighted by molar-refractivity contribution is 5.96. The lowest BCUT2D eigenvalue weighted by Gasteiger charge is -2.33. The number of carboxylic acid groups (broad SMARTS) is 1. The number of phenolic OH excluding ortho intramolecular Hbond substituents is 2. The molecule has 20 heteroatoms. The first-order valence-electron chi connectivity index (χ1n) is 23.4. The van der Waals surface area contributed by atoms with E-state index >= 15 is 0 Å². The fraction of sp³-hybridized carbons (Fsp3) is 0.469. The first kappa shape index (κ1) is 54.2. The van der Waals surface area contributed by atoms with Crippen molar-refractivity contribution in [1.82, 2.24) is 36.8 Å². The summed E-state index contributed by atoms with van der Waals surface area (Å²) in [5.74, 6) is -5.09. The smallest absolute Gasteiger partial charge is 0.326 e. The minimum atomic E-state index is -1.36. The maximum absolute atomic E-state index is 14.9. The highest BCUT2D eigenvalue weighted by atomic mass is 16.4. The number of rotatable bonds is 17. The van der Waals surface area contributed by atoms with Crippen molar-refractivity contribution in [1.29, 1.82) is 0 Å². The Kier molecular flexibility index (Phi) is 21.6. The van der Waals surface area contributed by atoms with Crippen LogP contribution in [-0.4, -0.2) is 124 Å². The van der Waals surface area contributed by atoms with E-state index in [1.165, 1.54) is 36.2 Å². The summed E-state index contributed by atoms with van der Waals surface area (Å²) in [4.78, 5) is 103. The molecule has 13 N–H and O–H groups in total. The van der Waals surface area contributed by atoms with E-state index in [0.717, 1.165) is 16.7 Å². The number of urea groups is 1. The first-order valence-corrected chi connectivity index (χ1v) is 23.4. The van der Waals surface area contributed by atoms with E-state index in [1.807, 2.05) is 37.3 Å². The average molecular weight is 957 g/mol. The number of carboxylic acids is 1. The van der Waals surface area contributed by atoms with Gasteiger partial charge in [-0.1, -0.05) is 74.9 Å². The second-order valence-electron chi connectivity index (χ2n) is 17.4. The number of benzene rings is 3. The van der Waals surface area contributed by atoms with E-state index in [0.29, 0.717) is 19.3 Å². The molecule has 0 bridgehead atoms. The van der Waals surface area contributed by atoms with Gasteiger partial charge < -0.3 is 63.6 Å². The predicted molar refractivity (Wildman–Crippen MR) is 258 cm³/mol. The molecule has 3 aromatic rings. The third-order valence-corrected chi connectivity index (χ3v) is 12.1. The van der Waals surface area contributed by atoms with Crippen LogP contribution < -0.4 is 43.4 Å². The van der Waals surface area contributed by atoms with Crippen LogP contribution >= 0.6 is 0 Å². The van der Waals surface area contributed by atoms with Gasteiger partial charge in [-0.05, 0) is 105 Å². The fourth-order valence-corrected chi connectivity index (χ4v) is 7.84. The van der Waals surface area contributed by atoms with Gasteiger partial charge in [-0.25, -0.2) is 9.59 Å². The van der Waals surface area contributed by atoms with Crippen LogP contribution in [0.5, 0.6) is 11.5 Å². The van der Waals surface area contributed by atoms with Gasteiger partial charge >= 0.3 is 12.0 Å². The summed E-state index contributed by atoms with van der Waals surface area (Å²) >= 11 is 0. The second kappa shape index (κ2) is 27.4. The van der Waals surface area contributed by atoms with Crippen LogP contribution in [-0.2, 0) is 48.0 Å². The minimum Gasteiger partial charge on any atom is -0.508 e. The van der Waals surface area contributed by atoms with Gasteiger partial charge in [-0.2, -0.15) is 0 Å². The molecule has 0 saturated carbocycles. The molecule has 0 radical (unpaired) electrons. The number of likely N-dealkylation sites (N-methyl/N-ethyl adjacent to an activating group) is 1. The molecule has 4 rings (SSSR count). The summed E-state index contributed by atoms with van der Waals surface area (Å²) < 4.78 is 0. The lowest BCUT2D eigenvalue weighted by atomic mass is 9.96. The van der Waals surface area contributed by atoms with Gasteiger partial charge in [0.2, 0.25) is 29.5 Å². The second-order valence-corrected chi connectivity index (χ2v) is 17.4. The van der Waals surface area contributed by atoms with Gasteiger partial charge in [0.05, 0.1) is 0 Å². The number of amides is 7. The fourth-order valence-electron chi connectivity index (χ4n) is 7.84. The molecule has 374 valence electrons. The van der Waals surface area contributed by atoms with Crippen LogP contribution in [0.3, 0.4) is 0 Å². The number of aliphatic imine (C=N–C) groups is 1. The molecule has 1 aliphatic heterocycles. The molecule has 69 heavy (non-hydrogen) atoms. The Bertz CT molecular complexity index is 2210. The molecule has 1 aliphatic rings. The molecule has 0 unspecified atom stereocenters. The Hall–Kier alpha value is -7.38. The topological polar surface area (TPSA) is 320 Å². The summed E-state index contributed by atoms with van der Waals surface area (Å²) in [5.41, 5.74) is 13.0. The van der Waals surface area contributed by atoms with Gasteiger partial charge in [-0.15, -0.1) is 0 Å². The molecule has 7 amide bonds. The monoisotopic (exact) mass is 957 g/mol. The van der Waals surface area contributed by atoms with Crippen molar-refractivity contribution in [3.63, 3.8) is 0 Å². The maximum Gasteiger partial charge on any atom is 0.326 e. The standard InChI is InChI=1S/C49H68N10O10/c1-4-30(2)41-45(65)54-37(25-19-31-15-21-34(60)22-16-31)46(66)59(3)40(26-20-32-17-23-35(61)24-18-32)44(64)55-39(29-33-11-6-5-7-12-33)42(62)52-27-9-8-13-36(43(63)58-41)56-49(69)57-38(47(67)68)14-10-28-53-48(50)51/h5-7,11-12,15-18,21-24,30,36-41,60-61H,4,8-10,13-14,19-20,25-29H2,1-3H3,(H,52,62)(H,54,65)(H,55,64)(H,58,63)(H,67,68)(H4,50,51,53)(H2,56,57,69)/t30-,36-,37+,38+,39+,40+,41+/m1/s1. The van der Waals surface area contributed by atoms with Crippen LogP contribution in [0.25, 0.3) is 0 Å². The molecule has 7 atom stereocenters. The molecule has 0 spiro atoms.